The number of nitrogens with zero attached hydrogens (tertiary/aromatic N) is 6. The highest BCUT2D eigenvalue weighted by atomic mass is 19.4. The van der Waals surface area contributed by atoms with Crippen molar-refractivity contribution in [3.63, 3.8) is 0 Å². The summed E-state index contributed by atoms with van der Waals surface area (Å²) in [4.78, 5) is 12.1. The number of rotatable bonds is 4. The maximum atomic E-state index is 13.9. The molecule has 12 heteroatoms. The van der Waals surface area contributed by atoms with E-state index in [9.17, 15) is 22.0 Å². The van der Waals surface area contributed by atoms with Gasteiger partial charge in [-0.05, 0) is 61.8 Å². The van der Waals surface area contributed by atoms with Gasteiger partial charge in [0.2, 0.25) is 11.9 Å². The normalized spacial score (nSPS) is 23.6. The van der Waals surface area contributed by atoms with Crippen LogP contribution in [0.4, 0.5) is 45.2 Å². The molecule has 2 bridgehead atoms. The van der Waals surface area contributed by atoms with Gasteiger partial charge < -0.3 is 15.1 Å². The number of nitrogens with one attached hydrogen (secondary N) is 1. The van der Waals surface area contributed by atoms with Crippen LogP contribution in [0.25, 0.3) is 0 Å². The highest BCUT2D eigenvalue weighted by Gasteiger charge is 2.43. The molecule has 6 rings (SSSR count). The van der Waals surface area contributed by atoms with Gasteiger partial charge >= 0.3 is 6.18 Å². The summed E-state index contributed by atoms with van der Waals surface area (Å²) in [5.41, 5.74) is 0.170. The zero-order valence-electron chi connectivity index (χ0n) is 19.9. The standard InChI is InChI=1S/C25H26F5N7/c26-19-6-5-18(11-20(19)27)36-9-1-2-10-37-24(36)33-23(34-37)32-22-15-3-4-16(22)14-35(13-15)17-7-8-31-21(12-17)25(28,29)30/h5-8,11-12,15-16,22H,1-4,9-10,13-14H2,(H,32,34)/t15-,16+,22-. The third-order valence-corrected chi connectivity index (χ3v) is 7.64. The van der Waals surface area contributed by atoms with E-state index in [-0.39, 0.29) is 17.9 Å². The fourth-order valence-electron chi connectivity index (χ4n) is 5.86. The summed E-state index contributed by atoms with van der Waals surface area (Å²) in [6.45, 7) is 2.53. The molecule has 37 heavy (non-hydrogen) atoms. The largest absolute Gasteiger partial charge is 0.433 e. The van der Waals surface area contributed by atoms with E-state index in [1.165, 1.54) is 18.3 Å². The van der Waals surface area contributed by atoms with Crippen LogP contribution in [0.2, 0.25) is 0 Å². The Balaban J connectivity index is 1.20. The molecule has 1 saturated carbocycles. The van der Waals surface area contributed by atoms with Gasteiger partial charge in [-0.25, -0.2) is 13.5 Å². The smallest absolute Gasteiger partial charge is 0.371 e. The number of aromatic nitrogens is 4. The predicted molar refractivity (Wildman–Crippen MR) is 128 cm³/mol. The summed E-state index contributed by atoms with van der Waals surface area (Å²) in [5, 5.41) is 8.17. The minimum atomic E-state index is -4.48. The third kappa shape index (κ3) is 4.57. The monoisotopic (exact) mass is 519 g/mol. The number of benzene rings is 1. The summed E-state index contributed by atoms with van der Waals surface area (Å²) in [6, 6.07) is 6.67. The Morgan fingerprint density at radius 3 is 2.38 bits per heavy atom. The fourth-order valence-corrected chi connectivity index (χ4v) is 5.86. The quantitative estimate of drug-likeness (QED) is 0.477. The average molecular weight is 520 g/mol. The molecule has 0 amide bonds. The molecule has 1 N–H and O–H groups in total. The summed E-state index contributed by atoms with van der Waals surface area (Å²) < 4.78 is 68.7. The van der Waals surface area contributed by atoms with E-state index in [2.05, 4.69) is 15.4 Å². The van der Waals surface area contributed by atoms with E-state index < -0.39 is 23.5 Å². The first-order valence-electron chi connectivity index (χ1n) is 12.5. The maximum Gasteiger partial charge on any atom is 0.433 e. The minimum absolute atomic E-state index is 0.100. The molecule has 2 fully saturated rings. The average Bonchev–Trinajstić information content (AvgIpc) is 3.27. The number of hydrogen-bond acceptors (Lipinski definition) is 6. The lowest BCUT2D eigenvalue weighted by molar-refractivity contribution is -0.141. The number of halogens is 5. The van der Waals surface area contributed by atoms with Crippen LogP contribution in [-0.2, 0) is 12.7 Å². The van der Waals surface area contributed by atoms with Crippen LogP contribution in [0.15, 0.2) is 36.5 Å². The van der Waals surface area contributed by atoms with Crippen molar-refractivity contribution in [2.45, 2.75) is 44.4 Å². The van der Waals surface area contributed by atoms with Gasteiger partial charge in [-0.2, -0.15) is 18.2 Å². The SMILES string of the molecule is Fc1ccc(N2CCCCn3nc(N[C@@H]4[C@@H]5CC[C@H]4CN(c4ccnc(C(F)(F)F)c4)C5)nc32)cc1F. The summed E-state index contributed by atoms with van der Waals surface area (Å²) in [6.07, 6.45) is 0.402. The molecule has 2 aliphatic heterocycles. The second-order valence-electron chi connectivity index (χ2n) is 9.99. The third-order valence-electron chi connectivity index (χ3n) is 7.64. The number of fused-ring (bicyclic) bond motifs is 3. The van der Waals surface area contributed by atoms with E-state index in [1.54, 1.807) is 10.7 Å². The predicted octanol–water partition coefficient (Wildman–Crippen LogP) is 5.23. The molecular formula is C25H26F5N7. The molecule has 0 unspecified atom stereocenters. The van der Waals surface area contributed by atoms with Gasteiger partial charge in [-0.15, -0.1) is 5.10 Å². The lowest BCUT2D eigenvalue weighted by atomic mass is 9.92. The minimum Gasteiger partial charge on any atom is -0.371 e. The Morgan fingerprint density at radius 2 is 1.65 bits per heavy atom. The highest BCUT2D eigenvalue weighted by molar-refractivity contribution is 5.59. The van der Waals surface area contributed by atoms with Gasteiger partial charge in [0.05, 0.1) is 0 Å². The highest BCUT2D eigenvalue weighted by Crippen LogP contribution is 2.41. The number of alkyl halides is 3. The Labute approximate surface area is 210 Å². The van der Waals surface area contributed by atoms with Crippen molar-refractivity contribution in [3.8, 4) is 0 Å². The topological polar surface area (TPSA) is 62.1 Å². The van der Waals surface area contributed by atoms with Crippen molar-refractivity contribution < 1.29 is 22.0 Å². The van der Waals surface area contributed by atoms with Crippen LogP contribution < -0.4 is 15.1 Å². The van der Waals surface area contributed by atoms with E-state index in [0.717, 1.165) is 37.8 Å². The molecule has 0 radical (unpaired) electrons. The maximum absolute atomic E-state index is 13.9. The van der Waals surface area contributed by atoms with Crippen molar-refractivity contribution in [1.29, 1.82) is 0 Å². The number of pyridine rings is 1. The van der Waals surface area contributed by atoms with Crippen molar-refractivity contribution in [2.24, 2.45) is 11.8 Å². The Bertz CT molecular complexity index is 1280. The Hall–Kier alpha value is -3.44. The van der Waals surface area contributed by atoms with E-state index in [0.29, 0.717) is 49.5 Å². The molecule has 4 heterocycles. The van der Waals surface area contributed by atoms with Crippen LogP contribution in [0.5, 0.6) is 0 Å². The molecule has 7 nitrogen and oxygen atoms in total. The first kappa shape index (κ1) is 23.9. The molecule has 1 saturated heterocycles. The van der Waals surface area contributed by atoms with Gasteiger partial charge in [-0.1, -0.05) is 0 Å². The molecule has 196 valence electrons. The molecule has 1 aromatic carbocycles. The van der Waals surface area contributed by atoms with Crippen molar-refractivity contribution in [1.82, 2.24) is 19.7 Å². The van der Waals surface area contributed by atoms with Crippen LogP contribution in [-0.4, -0.2) is 45.4 Å². The summed E-state index contributed by atoms with van der Waals surface area (Å²) in [5.74, 6) is -0.300. The van der Waals surface area contributed by atoms with Crippen molar-refractivity contribution >= 4 is 23.3 Å². The Kier molecular flexibility index (Phi) is 5.91. The van der Waals surface area contributed by atoms with E-state index in [4.69, 9.17) is 4.98 Å². The first-order chi connectivity index (χ1) is 17.8. The fraction of sp³-hybridized carbons (Fsp3) is 0.480. The number of piperidine rings is 1. The van der Waals surface area contributed by atoms with Crippen molar-refractivity contribution in [2.75, 3.05) is 34.8 Å². The van der Waals surface area contributed by atoms with Crippen LogP contribution >= 0.6 is 0 Å². The zero-order chi connectivity index (χ0) is 25.7. The van der Waals surface area contributed by atoms with Gasteiger partial charge in [-0.3, -0.25) is 4.98 Å². The second kappa shape index (κ2) is 9.14. The lowest BCUT2D eigenvalue weighted by Crippen LogP contribution is -2.48. The molecule has 3 atom stereocenters. The molecular weight excluding hydrogens is 493 g/mol. The van der Waals surface area contributed by atoms with Gasteiger partial charge in [0, 0.05) is 55.9 Å². The van der Waals surface area contributed by atoms with Crippen molar-refractivity contribution in [3.05, 3.63) is 53.9 Å². The molecule has 1 aliphatic carbocycles. The van der Waals surface area contributed by atoms with Crippen LogP contribution in [0.1, 0.15) is 31.4 Å². The molecule has 0 spiro atoms. The van der Waals surface area contributed by atoms with E-state index >= 15 is 0 Å². The second-order valence-corrected chi connectivity index (χ2v) is 9.99. The summed E-state index contributed by atoms with van der Waals surface area (Å²) >= 11 is 0. The summed E-state index contributed by atoms with van der Waals surface area (Å²) in [7, 11) is 0. The number of aryl methyl sites for hydroxylation is 1. The van der Waals surface area contributed by atoms with Gasteiger partial charge in [0.25, 0.3) is 0 Å². The lowest BCUT2D eigenvalue weighted by Gasteiger charge is -2.39. The first-order valence-corrected chi connectivity index (χ1v) is 12.5. The van der Waals surface area contributed by atoms with Crippen LogP contribution in [0, 0.1) is 23.5 Å². The zero-order valence-corrected chi connectivity index (χ0v) is 19.9. The van der Waals surface area contributed by atoms with Gasteiger partial charge in [0.15, 0.2) is 11.6 Å². The molecule has 3 aromatic rings. The Morgan fingerprint density at radius 1 is 0.892 bits per heavy atom. The molecule has 3 aliphatic rings. The van der Waals surface area contributed by atoms with E-state index in [1.807, 2.05) is 9.80 Å². The molecule has 2 aromatic heterocycles. The van der Waals surface area contributed by atoms with Crippen LogP contribution in [0.3, 0.4) is 0 Å². The van der Waals surface area contributed by atoms with Gasteiger partial charge in [0.1, 0.15) is 5.69 Å². The number of anilines is 4. The number of hydrogen-bond donors (Lipinski definition) is 1.